The molecule has 2 aromatic rings. The van der Waals surface area contributed by atoms with Gasteiger partial charge in [0.25, 0.3) is 0 Å². The summed E-state index contributed by atoms with van der Waals surface area (Å²) in [4.78, 5) is 20.9. The summed E-state index contributed by atoms with van der Waals surface area (Å²) in [6.45, 7) is 0. The Morgan fingerprint density at radius 1 is 1.21 bits per heavy atom. The third kappa shape index (κ3) is 3.17. The molecule has 0 fully saturated rings. The standard InChI is InChI=1S/C13H8BrNO4/c14-11-3-1-9(2-4-11)10(8-16)7-12-5-6-13(19-12)15(17)18/h1-8H/b10-7+. The molecular weight excluding hydrogens is 314 g/mol. The van der Waals surface area contributed by atoms with E-state index in [9.17, 15) is 14.9 Å². The summed E-state index contributed by atoms with van der Waals surface area (Å²) in [7, 11) is 0. The molecule has 5 nitrogen and oxygen atoms in total. The first-order valence-corrected chi connectivity index (χ1v) is 6.06. The number of halogens is 1. The Labute approximate surface area is 116 Å². The number of hydrogen-bond acceptors (Lipinski definition) is 4. The predicted molar refractivity (Wildman–Crippen MR) is 73.4 cm³/mol. The normalized spacial score (nSPS) is 11.3. The van der Waals surface area contributed by atoms with E-state index in [-0.39, 0.29) is 11.6 Å². The van der Waals surface area contributed by atoms with Crippen molar-refractivity contribution >= 4 is 39.7 Å². The molecule has 0 aliphatic carbocycles. The van der Waals surface area contributed by atoms with Crippen LogP contribution in [0.2, 0.25) is 0 Å². The van der Waals surface area contributed by atoms with Crippen LogP contribution in [0, 0.1) is 10.1 Å². The van der Waals surface area contributed by atoms with Crippen LogP contribution < -0.4 is 0 Å². The fourth-order valence-corrected chi connectivity index (χ4v) is 1.76. The highest BCUT2D eigenvalue weighted by atomic mass is 79.9. The van der Waals surface area contributed by atoms with E-state index in [1.807, 2.05) is 0 Å². The first kappa shape index (κ1) is 13.2. The highest BCUT2D eigenvalue weighted by Gasteiger charge is 2.11. The van der Waals surface area contributed by atoms with Crippen LogP contribution in [0.1, 0.15) is 11.3 Å². The summed E-state index contributed by atoms with van der Waals surface area (Å²) in [6, 6.07) is 9.83. The van der Waals surface area contributed by atoms with Crippen molar-refractivity contribution in [2.24, 2.45) is 0 Å². The van der Waals surface area contributed by atoms with Crippen molar-refractivity contribution < 1.29 is 14.1 Å². The van der Waals surface area contributed by atoms with E-state index in [1.165, 1.54) is 18.2 Å². The lowest BCUT2D eigenvalue weighted by atomic mass is 10.1. The number of benzene rings is 1. The second-order valence-corrected chi connectivity index (χ2v) is 4.57. The van der Waals surface area contributed by atoms with Crippen molar-refractivity contribution in [1.29, 1.82) is 0 Å². The number of nitrogens with zero attached hydrogens (tertiary/aromatic N) is 1. The summed E-state index contributed by atoms with van der Waals surface area (Å²) < 4.78 is 5.88. The Morgan fingerprint density at radius 3 is 2.42 bits per heavy atom. The maximum atomic E-state index is 11.1. The Balaban J connectivity index is 2.34. The molecule has 0 saturated carbocycles. The minimum atomic E-state index is -0.627. The number of carbonyl (C=O) groups is 1. The van der Waals surface area contributed by atoms with Gasteiger partial charge in [0.15, 0.2) is 6.29 Å². The maximum absolute atomic E-state index is 11.1. The number of hydrogen-bond donors (Lipinski definition) is 0. The van der Waals surface area contributed by atoms with Gasteiger partial charge >= 0.3 is 5.88 Å². The highest BCUT2D eigenvalue weighted by Crippen LogP contribution is 2.22. The van der Waals surface area contributed by atoms with E-state index in [0.29, 0.717) is 17.4 Å². The molecule has 0 spiro atoms. The first-order valence-electron chi connectivity index (χ1n) is 5.27. The predicted octanol–water partition coefficient (Wildman–Crippen LogP) is 3.69. The van der Waals surface area contributed by atoms with Crippen LogP contribution in [0.25, 0.3) is 11.6 Å². The fourth-order valence-electron chi connectivity index (χ4n) is 1.50. The quantitative estimate of drug-likeness (QED) is 0.372. The molecule has 0 N–H and O–H groups in total. The van der Waals surface area contributed by atoms with Gasteiger partial charge in [-0.3, -0.25) is 14.9 Å². The zero-order valence-corrected chi connectivity index (χ0v) is 11.2. The molecule has 96 valence electrons. The number of furan rings is 1. The Hall–Kier alpha value is -2.21. The highest BCUT2D eigenvalue weighted by molar-refractivity contribution is 9.10. The SMILES string of the molecule is O=C/C(=C\c1ccc([N+](=O)[O-])o1)c1ccc(Br)cc1. The van der Waals surface area contributed by atoms with Gasteiger partial charge in [-0.25, -0.2) is 0 Å². The zero-order valence-electron chi connectivity index (χ0n) is 9.58. The van der Waals surface area contributed by atoms with Crippen LogP contribution in [0.3, 0.4) is 0 Å². The van der Waals surface area contributed by atoms with Crippen LogP contribution in [0.4, 0.5) is 5.88 Å². The van der Waals surface area contributed by atoms with E-state index < -0.39 is 4.92 Å². The fraction of sp³-hybridized carbons (Fsp3) is 0. The Kier molecular flexibility index (Phi) is 3.91. The summed E-state index contributed by atoms with van der Waals surface area (Å²) in [5.74, 6) is -0.0935. The van der Waals surface area contributed by atoms with Gasteiger partial charge in [-0.1, -0.05) is 28.1 Å². The summed E-state index contributed by atoms with van der Waals surface area (Å²) in [5.41, 5.74) is 1.09. The molecule has 0 radical (unpaired) electrons. The van der Waals surface area contributed by atoms with E-state index in [0.717, 1.165) is 4.47 Å². The van der Waals surface area contributed by atoms with E-state index in [2.05, 4.69) is 15.9 Å². The van der Waals surface area contributed by atoms with Crippen molar-refractivity contribution in [3.8, 4) is 0 Å². The summed E-state index contributed by atoms with van der Waals surface area (Å²) in [5, 5.41) is 10.5. The summed E-state index contributed by atoms with van der Waals surface area (Å²) >= 11 is 3.30. The van der Waals surface area contributed by atoms with Crippen molar-refractivity contribution in [1.82, 2.24) is 0 Å². The molecule has 0 atom stereocenters. The number of allylic oxidation sites excluding steroid dienone is 1. The second-order valence-electron chi connectivity index (χ2n) is 3.66. The van der Waals surface area contributed by atoms with Gasteiger partial charge in [0.1, 0.15) is 10.7 Å². The minimum Gasteiger partial charge on any atom is -0.401 e. The molecule has 1 heterocycles. The monoisotopic (exact) mass is 321 g/mol. The maximum Gasteiger partial charge on any atom is 0.433 e. The second kappa shape index (κ2) is 5.62. The van der Waals surface area contributed by atoms with Gasteiger partial charge in [0, 0.05) is 10.0 Å². The molecule has 0 saturated heterocycles. The molecule has 2 rings (SSSR count). The largest absolute Gasteiger partial charge is 0.433 e. The van der Waals surface area contributed by atoms with Crippen LogP contribution in [-0.2, 0) is 4.79 Å². The molecular formula is C13H8BrNO4. The van der Waals surface area contributed by atoms with Gasteiger partial charge in [0.2, 0.25) is 0 Å². The van der Waals surface area contributed by atoms with Gasteiger partial charge < -0.3 is 4.42 Å². The molecule has 0 unspecified atom stereocenters. The molecule has 19 heavy (non-hydrogen) atoms. The number of carbonyl (C=O) groups excluding carboxylic acids is 1. The van der Waals surface area contributed by atoms with Crippen molar-refractivity contribution in [3.63, 3.8) is 0 Å². The van der Waals surface area contributed by atoms with Crippen molar-refractivity contribution in [2.45, 2.75) is 0 Å². The van der Waals surface area contributed by atoms with Gasteiger partial charge in [-0.15, -0.1) is 0 Å². The lowest BCUT2D eigenvalue weighted by Crippen LogP contribution is -1.85. The zero-order chi connectivity index (χ0) is 13.8. The first-order chi connectivity index (χ1) is 9.10. The van der Waals surface area contributed by atoms with Crippen molar-refractivity contribution in [2.75, 3.05) is 0 Å². The third-order valence-electron chi connectivity index (χ3n) is 2.39. The van der Waals surface area contributed by atoms with Gasteiger partial charge in [-0.2, -0.15) is 0 Å². The third-order valence-corrected chi connectivity index (χ3v) is 2.92. The molecule has 0 bridgehead atoms. The molecule has 0 aliphatic heterocycles. The Bertz CT molecular complexity index is 643. The summed E-state index contributed by atoms with van der Waals surface area (Å²) in [6.07, 6.45) is 2.14. The number of aldehydes is 1. The van der Waals surface area contributed by atoms with E-state index in [1.54, 1.807) is 24.3 Å². The number of rotatable bonds is 4. The lowest BCUT2D eigenvalue weighted by molar-refractivity contribution is -0.402. The molecule has 6 heteroatoms. The minimum absolute atomic E-state index is 0.261. The Morgan fingerprint density at radius 2 is 1.89 bits per heavy atom. The van der Waals surface area contributed by atoms with E-state index >= 15 is 0 Å². The van der Waals surface area contributed by atoms with Gasteiger partial charge in [0.05, 0.1) is 6.07 Å². The number of nitro groups is 1. The molecule has 1 aromatic carbocycles. The topological polar surface area (TPSA) is 73.3 Å². The lowest BCUT2D eigenvalue weighted by Gasteiger charge is -1.99. The van der Waals surface area contributed by atoms with Crippen molar-refractivity contribution in [3.05, 3.63) is 62.3 Å². The average Bonchev–Trinajstić information content (AvgIpc) is 2.86. The average molecular weight is 322 g/mol. The molecule has 0 amide bonds. The van der Waals surface area contributed by atoms with Crippen LogP contribution in [0.5, 0.6) is 0 Å². The molecule has 0 aliphatic rings. The van der Waals surface area contributed by atoms with Crippen LogP contribution in [0.15, 0.2) is 45.3 Å². The van der Waals surface area contributed by atoms with Gasteiger partial charge in [-0.05, 0) is 29.8 Å². The van der Waals surface area contributed by atoms with Crippen LogP contribution in [-0.4, -0.2) is 11.2 Å². The smallest absolute Gasteiger partial charge is 0.401 e. The van der Waals surface area contributed by atoms with Crippen LogP contribution >= 0.6 is 15.9 Å². The molecule has 1 aromatic heterocycles. The van der Waals surface area contributed by atoms with E-state index in [4.69, 9.17) is 4.42 Å².